The van der Waals surface area contributed by atoms with Gasteiger partial charge in [0.2, 0.25) is 0 Å². The van der Waals surface area contributed by atoms with E-state index >= 15 is 0 Å². The zero-order chi connectivity index (χ0) is 14.5. The standard InChI is InChI=1S/C17H22N2O/c1-12(2)14-4-6-16(7-5-14)20-17(13(3)18)15-8-10-19-11-9-15/h4-13,17H,18H2,1-3H3. The molecule has 0 bridgehead atoms. The van der Waals surface area contributed by atoms with Crippen LogP contribution in [0.4, 0.5) is 0 Å². The smallest absolute Gasteiger partial charge is 0.139 e. The fourth-order valence-electron chi connectivity index (χ4n) is 2.11. The van der Waals surface area contributed by atoms with Gasteiger partial charge in [-0.3, -0.25) is 4.98 Å². The van der Waals surface area contributed by atoms with E-state index in [1.807, 2.05) is 31.2 Å². The molecule has 2 atom stereocenters. The highest BCUT2D eigenvalue weighted by atomic mass is 16.5. The minimum atomic E-state index is -0.164. The molecule has 0 spiro atoms. The van der Waals surface area contributed by atoms with Gasteiger partial charge in [-0.25, -0.2) is 0 Å². The first-order valence-corrected chi connectivity index (χ1v) is 7.00. The molecule has 0 aliphatic rings. The van der Waals surface area contributed by atoms with Gasteiger partial charge >= 0.3 is 0 Å². The Morgan fingerprint density at radius 1 is 0.900 bits per heavy atom. The van der Waals surface area contributed by atoms with Crippen LogP contribution < -0.4 is 10.5 Å². The van der Waals surface area contributed by atoms with Crippen LogP contribution in [0.15, 0.2) is 48.8 Å². The van der Waals surface area contributed by atoms with Crippen LogP contribution in [0, 0.1) is 0 Å². The Kier molecular flexibility index (Phi) is 4.74. The number of hydrogen-bond acceptors (Lipinski definition) is 3. The molecule has 3 nitrogen and oxygen atoms in total. The Labute approximate surface area is 120 Å². The molecule has 0 amide bonds. The monoisotopic (exact) mass is 270 g/mol. The molecule has 3 heteroatoms. The molecule has 0 saturated carbocycles. The Hall–Kier alpha value is -1.87. The second-order valence-corrected chi connectivity index (χ2v) is 5.40. The normalized spacial score (nSPS) is 14.1. The molecule has 20 heavy (non-hydrogen) atoms. The largest absolute Gasteiger partial charge is 0.484 e. The summed E-state index contributed by atoms with van der Waals surface area (Å²) >= 11 is 0. The molecular weight excluding hydrogens is 248 g/mol. The SMILES string of the molecule is CC(C)c1ccc(OC(c2ccncc2)C(C)N)cc1. The minimum Gasteiger partial charge on any atom is -0.484 e. The van der Waals surface area contributed by atoms with Crippen molar-refractivity contribution >= 4 is 0 Å². The molecule has 0 radical (unpaired) electrons. The average Bonchev–Trinajstić information content (AvgIpc) is 2.46. The molecule has 2 rings (SSSR count). The van der Waals surface area contributed by atoms with Crippen molar-refractivity contribution in [3.8, 4) is 5.75 Å². The highest BCUT2D eigenvalue weighted by Crippen LogP contribution is 2.25. The van der Waals surface area contributed by atoms with Crippen LogP contribution in [0.3, 0.4) is 0 Å². The number of hydrogen-bond donors (Lipinski definition) is 1. The highest BCUT2D eigenvalue weighted by Gasteiger charge is 2.18. The molecule has 106 valence electrons. The van der Waals surface area contributed by atoms with Crippen molar-refractivity contribution in [2.45, 2.75) is 38.8 Å². The van der Waals surface area contributed by atoms with Crippen LogP contribution in [0.2, 0.25) is 0 Å². The Morgan fingerprint density at radius 2 is 1.50 bits per heavy atom. The van der Waals surface area contributed by atoms with Gasteiger partial charge in [-0.15, -0.1) is 0 Å². The lowest BCUT2D eigenvalue weighted by molar-refractivity contribution is 0.180. The summed E-state index contributed by atoms with van der Waals surface area (Å²) in [5, 5.41) is 0. The first-order chi connectivity index (χ1) is 9.58. The fourth-order valence-corrected chi connectivity index (χ4v) is 2.11. The van der Waals surface area contributed by atoms with Crippen LogP contribution in [0.25, 0.3) is 0 Å². The third-order valence-corrected chi connectivity index (χ3v) is 3.32. The molecule has 0 fully saturated rings. The van der Waals surface area contributed by atoms with Crippen molar-refractivity contribution in [3.05, 3.63) is 59.9 Å². The van der Waals surface area contributed by atoms with E-state index in [0.29, 0.717) is 5.92 Å². The lowest BCUT2D eigenvalue weighted by atomic mass is 10.0. The van der Waals surface area contributed by atoms with Gasteiger partial charge in [0.1, 0.15) is 11.9 Å². The maximum absolute atomic E-state index is 6.05. The first kappa shape index (κ1) is 14.5. The Bertz CT molecular complexity index is 520. The number of pyridine rings is 1. The van der Waals surface area contributed by atoms with E-state index in [1.54, 1.807) is 12.4 Å². The third kappa shape index (κ3) is 3.58. The minimum absolute atomic E-state index is 0.0952. The second-order valence-electron chi connectivity index (χ2n) is 5.40. The molecule has 0 saturated heterocycles. The van der Waals surface area contributed by atoms with Gasteiger partial charge in [-0.1, -0.05) is 26.0 Å². The number of aromatic nitrogens is 1. The van der Waals surface area contributed by atoms with Crippen molar-refractivity contribution in [2.24, 2.45) is 5.73 Å². The first-order valence-electron chi connectivity index (χ1n) is 7.00. The quantitative estimate of drug-likeness (QED) is 0.901. The van der Waals surface area contributed by atoms with Gasteiger partial charge < -0.3 is 10.5 Å². The van der Waals surface area contributed by atoms with Gasteiger partial charge in [0.05, 0.1) is 0 Å². The Balaban J connectivity index is 2.17. The molecular formula is C17H22N2O. The van der Waals surface area contributed by atoms with Gasteiger partial charge in [0.15, 0.2) is 0 Å². The van der Waals surface area contributed by atoms with Crippen molar-refractivity contribution in [3.63, 3.8) is 0 Å². The maximum Gasteiger partial charge on any atom is 0.139 e. The van der Waals surface area contributed by atoms with E-state index in [-0.39, 0.29) is 12.1 Å². The van der Waals surface area contributed by atoms with Crippen molar-refractivity contribution < 1.29 is 4.74 Å². The summed E-state index contributed by atoms with van der Waals surface area (Å²) in [5.74, 6) is 1.36. The van der Waals surface area contributed by atoms with E-state index in [1.165, 1.54) is 5.56 Å². The second kappa shape index (κ2) is 6.53. The fraction of sp³-hybridized carbons (Fsp3) is 0.353. The summed E-state index contributed by atoms with van der Waals surface area (Å²) < 4.78 is 6.04. The number of benzene rings is 1. The van der Waals surface area contributed by atoms with Gasteiger partial charge in [-0.2, -0.15) is 0 Å². The van der Waals surface area contributed by atoms with Crippen LogP contribution in [0.5, 0.6) is 5.75 Å². The Morgan fingerprint density at radius 3 is 2.00 bits per heavy atom. The van der Waals surface area contributed by atoms with E-state index in [4.69, 9.17) is 10.5 Å². The molecule has 2 aromatic rings. The maximum atomic E-state index is 6.05. The number of ether oxygens (including phenoxy) is 1. The van der Waals surface area contributed by atoms with Crippen molar-refractivity contribution in [1.29, 1.82) is 0 Å². The summed E-state index contributed by atoms with van der Waals surface area (Å²) in [6.45, 7) is 6.31. The van der Waals surface area contributed by atoms with Crippen LogP contribution in [-0.2, 0) is 0 Å². The summed E-state index contributed by atoms with van der Waals surface area (Å²) in [6.07, 6.45) is 3.36. The van der Waals surface area contributed by atoms with Crippen LogP contribution >= 0.6 is 0 Å². The lowest BCUT2D eigenvalue weighted by Gasteiger charge is -2.23. The summed E-state index contributed by atoms with van der Waals surface area (Å²) in [4.78, 5) is 4.03. The van der Waals surface area contributed by atoms with Crippen LogP contribution in [-0.4, -0.2) is 11.0 Å². The topological polar surface area (TPSA) is 48.1 Å². The molecule has 0 aliphatic carbocycles. The van der Waals surface area contributed by atoms with E-state index in [0.717, 1.165) is 11.3 Å². The van der Waals surface area contributed by atoms with Gasteiger partial charge in [0.25, 0.3) is 0 Å². The van der Waals surface area contributed by atoms with E-state index in [9.17, 15) is 0 Å². The molecule has 2 N–H and O–H groups in total. The zero-order valence-electron chi connectivity index (χ0n) is 12.3. The highest BCUT2D eigenvalue weighted by molar-refractivity contribution is 5.30. The van der Waals surface area contributed by atoms with Crippen LogP contribution in [0.1, 0.15) is 43.9 Å². The van der Waals surface area contributed by atoms with E-state index < -0.39 is 0 Å². The summed E-state index contributed by atoms with van der Waals surface area (Å²) in [6, 6.07) is 12.0. The van der Waals surface area contributed by atoms with Crippen molar-refractivity contribution in [1.82, 2.24) is 4.98 Å². The molecule has 2 unspecified atom stereocenters. The number of rotatable bonds is 5. The summed E-state index contributed by atoms with van der Waals surface area (Å²) in [7, 11) is 0. The van der Waals surface area contributed by atoms with Gasteiger partial charge in [-0.05, 0) is 48.2 Å². The zero-order valence-corrected chi connectivity index (χ0v) is 12.3. The lowest BCUT2D eigenvalue weighted by Crippen LogP contribution is -2.29. The van der Waals surface area contributed by atoms with E-state index in [2.05, 4.69) is 31.0 Å². The number of nitrogens with zero attached hydrogens (tertiary/aromatic N) is 1. The average molecular weight is 270 g/mol. The number of nitrogens with two attached hydrogens (primary N) is 1. The van der Waals surface area contributed by atoms with Crippen molar-refractivity contribution in [2.75, 3.05) is 0 Å². The van der Waals surface area contributed by atoms with Gasteiger partial charge in [0, 0.05) is 18.4 Å². The predicted molar refractivity (Wildman–Crippen MR) is 81.8 cm³/mol. The molecule has 1 heterocycles. The third-order valence-electron chi connectivity index (χ3n) is 3.32. The summed E-state index contributed by atoms with van der Waals surface area (Å²) in [5.41, 5.74) is 8.40. The molecule has 1 aromatic carbocycles. The predicted octanol–water partition coefficient (Wildman–Crippen LogP) is 3.67. The molecule has 0 aliphatic heterocycles. The molecule has 1 aromatic heterocycles.